The molecule has 0 aliphatic heterocycles. The topological polar surface area (TPSA) is 47.4 Å². The minimum atomic E-state index is -0.882. The number of halogens is 1. The molecule has 1 aliphatic rings. The van der Waals surface area contributed by atoms with E-state index in [0.717, 1.165) is 35.5 Å². The van der Waals surface area contributed by atoms with Gasteiger partial charge < -0.3 is 14.2 Å². The van der Waals surface area contributed by atoms with Gasteiger partial charge >= 0.3 is 0 Å². The SMILES string of the molecule is COCC(=O)N(C[C@H]1CCC[C@H]1F)[C@@H](c1nc(-c2ccccc2)cn1Cc1ccccc1)C(C)(C)C. The number of nitrogens with zero attached hydrogens (tertiary/aromatic N) is 3. The summed E-state index contributed by atoms with van der Waals surface area (Å²) in [6, 6.07) is 20.0. The van der Waals surface area contributed by atoms with E-state index in [-0.39, 0.29) is 29.9 Å². The zero-order valence-corrected chi connectivity index (χ0v) is 21.9. The molecule has 192 valence electrons. The van der Waals surface area contributed by atoms with Crippen molar-refractivity contribution in [2.24, 2.45) is 11.3 Å². The number of hydrogen-bond donors (Lipinski definition) is 0. The summed E-state index contributed by atoms with van der Waals surface area (Å²) in [6.07, 6.45) is 3.41. The zero-order valence-electron chi connectivity index (χ0n) is 21.9. The molecule has 1 aliphatic carbocycles. The van der Waals surface area contributed by atoms with E-state index in [4.69, 9.17) is 9.72 Å². The number of alkyl halides is 1. The molecule has 1 saturated carbocycles. The molecule has 0 bridgehead atoms. The van der Waals surface area contributed by atoms with Crippen molar-refractivity contribution >= 4 is 5.91 Å². The summed E-state index contributed by atoms with van der Waals surface area (Å²) in [5.41, 5.74) is 2.69. The second kappa shape index (κ2) is 11.4. The molecule has 0 unspecified atom stereocenters. The summed E-state index contributed by atoms with van der Waals surface area (Å²) < 4.78 is 22.2. The lowest BCUT2D eigenvalue weighted by Crippen LogP contribution is -2.46. The van der Waals surface area contributed by atoms with Gasteiger partial charge in [0, 0.05) is 37.9 Å². The van der Waals surface area contributed by atoms with E-state index in [2.05, 4.69) is 43.7 Å². The van der Waals surface area contributed by atoms with Crippen molar-refractivity contribution < 1.29 is 13.9 Å². The summed E-state index contributed by atoms with van der Waals surface area (Å²) in [7, 11) is 1.53. The molecule has 0 N–H and O–H groups in total. The lowest BCUT2D eigenvalue weighted by Gasteiger charge is -2.41. The summed E-state index contributed by atoms with van der Waals surface area (Å²) in [4.78, 5) is 20.5. The molecule has 36 heavy (non-hydrogen) atoms. The van der Waals surface area contributed by atoms with E-state index < -0.39 is 6.17 Å². The van der Waals surface area contributed by atoms with Crippen LogP contribution in [0.15, 0.2) is 66.9 Å². The number of imidazole rings is 1. The van der Waals surface area contributed by atoms with Crippen molar-refractivity contribution in [2.45, 2.75) is 58.8 Å². The minimum Gasteiger partial charge on any atom is -0.375 e. The maximum Gasteiger partial charge on any atom is 0.249 e. The van der Waals surface area contributed by atoms with Crippen molar-refractivity contribution in [3.8, 4) is 11.3 Å². The molecule has 6 heteroatoms. The van der Waals surface area contributed by atoms with E-state index in [1.54, 1.807) is 0 Å². The zero-order chi connectivity index (χ0) is 25.7. The molecule has 1 fully saturated rings. The van der Waals surface area contributed by atoms with Crippen molar-refractivity contribution in [2.75, 3.05) is 20.3 Å². The normalized spacial score (nSPS) is 18.8. The molecule has 0 saturated heterocycles. The molecule has 2 aromatic carbocycles. The monoisotopic (exact) mass is 491 g/mol. The number of carbonyl (C=O) groups is 1. The largest absolute Gasteiger partial charge is 0.375 e. The van der Waals surface area contributed by atoms with Crippen molar-refractivity contribution in [3.63, 3.8) is 0 Å². The Kier molecular flexibility index (Phi) is 8.24. The Labute approximate surface area is 214 Å². The molecular formula is C30H38FN3O2. The smallest absolute Gasteiger partial charge is 0.249 e. The van der Waals surface area contributed by atoms with Gasteiger partial charge in [-0.05, 0) is 23.8 Å². The van der Waals surface area contributed by atoms with Crippen LogP contribution in [0.25, 0.3) is 11.3 Å². The third kappa shape index (κ3) is 6.04. The Bertz CT molecular complexity index is 1120. The first-order chi connectivity index (χ1) is 17.3. The van der Waals surface area contributed by atoms with E-state index in [0.29, 0.717) is 19.5 Å². The highest BCUT2D eigenvalue weighted by molar-refractivity contribution is 5.78. The van der Waals surface area contributed by atoms with Gasteiger partial charge in [0.1, 0.15) is 18.6 Å². The predicted molar refractivity (Wildman–Crippen MR) is 141 cm³/mol. The Balaban J connectivity index is 1.82. The highest BCUT2D eigenvalue weighted by Crippen LogP contribution is 2.41. The minimum absolute atomic E-state index is 0.0405. The molecule has 3 atom stereocenters. The summed E-state index contributed by atoms with van der Waals surface area (Å²) >= 11 is 0. The predicted octanol–water partition coefficient (Wildman–Crippen LogP) is 6.30. The van der Waals surface area contributed by atoms with Crippen LogP contribution in [0.1, 0.15) is 57.5 Å². The van der Waals surface area contributed by atoms with E-state index in [1.165, 1.54) is 7.11 Å². The summed E-state index contributed by atoms with van der Waals surface area (Å²) in [5.74, 6) is 0.511. The summed E-state index contributed by atoms with van der Waals surface area (Å²) in [6.45, 7) is 7.32. The number of methoxy groups -OCH3 is 1. The quantitative estimate of drug-likeness (QED) is 0.353. The molecule has 1 amide bonds. The Morgan fingerprint density at radius 2 is 1.78 bits per heavy atom. The fourth-order valence-corrected chi connectivity index (χ4v) is 5.30. The molecule has 0 radical (unpaired) electrons. The van der Waals surface area contributed by atoms with Crippen molar-refractivity contribution in [3.05, 3.63) is 78.2 Å². The number of hydrogen-bond acceptors (Lipinski definition) is 3. The number of ether oxygens (including phenoxy) is 1. The van der Waals surface area contributed by atoms with Gasteiger partial charge in [0.15, 0.2) is 0 Å². The van der Waals surface area contributed by atoms with E-state index in [9.17, 15) is 9.18 Å². The number of benzene rings is 2. The first-order valence-electron chi connectivity index (χ1n) is 12.9. The number of carbonyl (C=O) groups excluding carboxylic acids is 1. The number of rotatable bonds is 9. The molecule has 3 aromatic rings. The van der Waals surface area contributed by atoms with Crippen LogP contribution in [-0.2, 0) is 16.1 Å². The molecule has 1 heterocycles. The van der Waals surface area contributed by atoms with Gasteiger partial charge in [-0.2, -0.15) is 0 Å². The fraction of sp³-hybridized carbons (Fsp3) is 0.467. The second-order valence-electron chi connectivity index (χ2n) is 10.9. The van der Waals surface area contributed by atoms with Crippen molar-refractivity contribution in [1.82, 2.24) is 14.5 Å². The first kappa shape index (κ1) is 26.1. The molecule has 0 spiro atoms. The third-order valence-electron chi connectivity index (χ3n) is 7.03. The van der Waals surface area contributed by atoms with Gasteiger partial charge in [0.2, 0.25) is 5.91 Å². The van der Waals surface area contributed by atoms with Crippen LogP contribution in [0, 0.1) is 11.3 Å². The van der Waals surface area contributed by atoms with Crippen LogP contribution in [0.5, 0.6) is 0 Å². The Morgan fingerprint density at radius 1 is 1.11 bits per heavy atom. The number of aromatic nitrogens is 2. The molecule has 1 aromatic heterocycles. The third-order valence-corrected chi connectivity index (χ3v) is 7.03. The van der Waals surface area contributed by atoms with Gasteiger partial charge in [-0.25, -0.2) is 9.37 Å². The van der Waals surface area contributed by atoms with Crippen molar-refractivity contribution in [1.29, 1.82) is 0 Å². The Hall–Kier alpha value is -2.99. The van der Waals surface area contributed by atoms with Crippen LogP contribution in [-0.4, -0.2) is 46.8 Å². The van der Waals surface area contributed by atoms with E-state index >= 15 is 0 Å². The van der Waals surface area contributed by atoms with Gasteiger partial charge in [0.25, 0.3) is 0 Å². The summed E-state index contributed by atoms with van der Waals surface area (Å²) in [5, 5.41) is 0. The van der Waals surface area contributed by atoms with E-state index in [1.807, 2.05) is 53.4 Å². The highest BCUT2D eigenvalue weighted by Gasteiger charge is 2.41. The van der Waals surface area contributed by atoms with Gasteiger partial charge in [-0.15, -0.1) is 0 Å². The average Bonchev–Trinajstić information content (AvgIpc) is 3.45. The van der Waals surface area contributed by atoms with Crippen LogP contribution in [0.4, 0.5) is 4.39 Å². The Morgan fingerprint density at radius 3 is 2.36 bits per heavy atom. The molecule has 4 rings (SSSR count). The lowest BCUT2D eigenvalue weighted by molar-refractivity contribution is -0.141. The van der Waals surface area contributed by atoms with Crippen LogP contribution in [0.3, 0.4) is 0 Å². The molecule has 5 nitrogen and oxygen atoms in total. The lowest BCUT2D eigenvalue weighted by atomic mass is 9.84. The van der Waals surface area contributed by atoms with Crippen LogP contribution in [0.2, 0.25) is 0 Å². The standard InChI is InChI=1S/C30H38FN3O2/c1-30(2,3)28(34(27(35)21-36-4)19-24-16-11-17-25(24)31)29-32-26(23-14-9-6-10-15-23)20-33(29)18-22-12-7-5-8-13-22/h5-10,12-15,20,24-25,28H,11,16-19,21H2,1-4H3/t24-,25-,28+/m1/s1. The second-order valence-corrected chi connectivity index (χ2v) is 10.9. The van der Waals surface area contributed by atoms with Crippen LogP contribution >= 0.6 is 0 Å². The van der Waals surface area contributed by atoms with Crippen LogP contribution < -0.4 is 0 Å². The maximum atomic E-state index is 14.8. The molecular weight excluding hydrogens is 453 g/mol. The van der Waals surface area contributed by atoms with Gasteiger partial charge in [0.05, 0.1) is 11.7 Å². The fourth-order valence-electron chi connectivity index (χ4n) is 5.30. The first-order valence-corrected chi connectivity index (χ1v) is 12.9. The average molecular weight is 492 g/mol. The maximum absolute atomic E-state index is 14.8. The van der Waals surface area contributed by atoms with Gasteiger partial charge in [-0.3, -0.25) is 4.79 Å². The highest BCUT2D eigenvalue weighted by atomic mass is 19.1. The van der Waals surface area contributed by atoms with Gasteiger partial charge in [-0.1, -0.05) is 87.9 Å². The number of amides is 1.